The summed E-state index contributed by atoms with van der Waals surface area (Å²) in [6.07, 6.45) is 4.60. The molecule has 2 aromatic heterocycles. The molecule has 1 aromatic carbocycles. The van der Waals surface area contributed by atoms with Crippen LogP contribution >= 0.6 is 0 Å². The highest BCUT2D eigenvalue weighted by molar-refractivity contribution is 5.61. The minimum absolute atomic E-state index is 0.737. The predicted molar refractivity (Wildman–Crippen MR) is 116 cm³/mol. The summed E-state index contributed by atoms with van der Waals surface area (Å²) in [6.45, 7) is 2.64. The number of hydrogen-bond acceptors (Lipinski definition) is 6. The molecule has 0 amide bonds. The molecule has 0 radical (unpaired) electrons. The monoisotopic (exact) mass is 376 g/mol. The quantitative estimate of drug-likeness (QED) is 0.619. The van der Waals surface area contributed by atoms with Crippen LogP contribution in [0.5, 0.6) is 0 Å². The van der Waals surface area contributed by atoms with Crippen LogP contribution in [0.4, 0.5) is 11.6 Å². The molecule has 0 aliphatic rings. The van der Waals surface area contributed by atoms with Crippen molar-refractivity contribution in [2.45, 2.75) is 6.42 Å². The van der Waals surface area contributed by atoms with Crippen LogP contribution in [0, 0.1) is 0 Å². The zero-order valence-electron chi connectivity index (χ0n) is 16.8. The topological polar surface area (TPSA) is 57.2 Å². The van der Waals surface area contributed by atoms with Gasteiger partial charge >= 0.3 is 0 Å². The number of aromatic nitrogens is 3. The van der Waals surface area contributed by atoms with Gasteiger partial charge < -0.3 is 15.1 Å². The first-order valence-corrected chi connectivity index (χ1v) is 9.55. The second-order valence-electron chi connectivity index (χ2n) is 7.06. The third-order valence-corrected chi connectivity index (χ3v) is 4.49. The molecule has 0 atom stereocenters. The van der Waals surface area contributed by atoms with Gasteiger partial charge in [-0.15, -0.1) is 0 Å². The van der Waals surface area contributed by atoms with Crippen molar-refractivity contribution in [3.63, 3.8) is 0 Å². The first-order chi connectivity index (χ1) is 13.6. The Morgan fingerprint density at radius 3 is 2.36 bits per heavy atom. The van der Waals surface area contributed by atoms with E-state index in [1.165, 1.54) is 5.56 Å². The Morgan fingerprint density at radius 2 is 1.64 bits per heavy atom. The molecule has 0 saturated carbocycles. The van der Waals surface area contributed by atoms with E-state index in [1.807, 2.05) is 48.8 Å². The van der Waals surface area contributed by atoms with Gasteiger partial charge in [0.2, 0.25) is 0 Å². The molecule has 6 heteroatoms. The maximum absolute atomic E-state index is 4.81. The average molecular weight is 377 g/mol. The summed E-state index contributed by atoms with van der Waals surface area (Å²) in [5.41, 5.74) is 2.28. The molecule has 3 rings (SSSR count). The van der Waals surface area contributed by atoms with Gasteiger partial charge in [-0.25, -0.2) is 9.97 Å². The normalized spacial score (nSPS) is 10.9. The van der Waals surface area contributed by atoms with Crippen LogP contribution in [0.2, 0.25) is 0 Å². The summed E-state index contributed by atoms with van der Waals surface area (Å²) in [5.74, 6) is 2.50. The third-order valence-electron chi connectivity index (χ3n) is 4.49. The Hall–Kier alpha value is -2.99. The van der Waals surface area contributed by atoms with E-state index in [-0.39, 0.29) is 0 Å². The van der Waals surface area contributed by atoms with Crippen LogP contribution in [-0.4, -0.2) is 60.6 Å². The summed E-state index contributed by atoms with van der Waals surface area (Å²) in [5, 5.41) is 3.43. The SMILES string of the molecule is CN(C)CCNc1cc(N(C)CCc2ccncc2)nc(-c2ccccc2)n1. The van der Waals surface area contributed by atoms with E-state index < -0.39 is 0 Å². The standard InChI is InChI=1S/C22H28N6/c1-27(2)16-14-24-20-17-21(26-22(25-20)19-7-5-4-6-8-19)28(3)15-11-18-9-12-23-13-10-18/h4-10,12-13,17H,11,14-16H2,1-3H3,(H,24,25,26). The third kappa shape index (κ3) is 5.76. The first-order valence-electron chi connectivity index (χ1n) is 9.55. The summed E-state index contributed by atoms with van der Waals surface area (Å²) < 4.78 is 0. The van der Waals surface area contributed by atoms with Crippen molar-refractivity contribution in [1.29, 1.82) is 0 Å². The zero-order chi connectivity index (χ0) is 19.8. The summed E-state index contributed by atoms with van der Waals surface area (Å²) in [7, 11) is 6.20. The first kappa shape index (κ1) is 19.8. The smallest absolute Gasteiger partial charge is 0.163 e. The Kier molecular flexibility index (Phi) is 6.92. The number of hydrogen-bond donors (Lipinski definition) is 1. The van der Waals surface area contributed by atoms with Crippen molar-refractivity contribution in [1.82, 2.24) is 19.9 Å². The molecule has 0 unspecified atom stereocenters. The Bertz CT molecular complexity index is 851. The highest BCUT2D eigenvalue weighted by Crippen LogP contribution is 2.22. The predicted octanol–water partition coefficient (Wildman–Crippen LogP) is 3.19. The van der Waals surface area contributed by atoms with Gasteiger partial charge in [0, 0.05) is 50.7 Å². The summed E-state index contributed by atoms with van der Waals surface area (Å²) >= 11 is 0. The Labute approximate surface area is 167 Å². The molecular formula is C22H28N6. The van der Waals surface area contributed by atoms with Crippen molar-refractivity contribution >= 4 is 11.6 Å². The van der Waals surface area contributed by atoms with Crippen molar-refractivity contribution in [3.8, 4) is 11.4 Å². The molecule has 28 heavy (non-hydrogen) atoms. The van der Waals surface area contributed by atoms with Gasteiger partial charge in [-0.2, -0.15) is 0 Å². The number of nitrogens with zero attached hydrogens (tertiary/aromatic N) is 5. The lowest BCUT2D eigenvalue weighted by Gasteiger charge is -2.20. The molecule has 0 bridgehead atoms. The zero-order valence-corrected chi connectivity index (χ0v) is 16.8. The lowest BCUT2D eigenvalue weighted by atomic mass is 10.2. The second kappa shape index (κ2) is 9.80. The highest BCUT2D eigenvalue weighted by atomic mass is 15.2. The van der Waals surface area contributed by atoms with Gasteiger partial charge in [-0.3, -0.25) is 4.98 Å². The minimum atomic E-state index is 0.737. The van der Waals surface area contributed by atoms with Gasteiger partial charge in [0.1, 0.15) is 11.6 Å². The number of benzene rings is 1. The largest absolute Gasteiger partial charge is 0.369 e. The highest BCUT2D eigenvalue weighted by Gasteiger charge is 2.10. The van der Waals surface area contributed by atoms with E-state index in [4.69, 9.17) is 9.97 Å². The van der Waals surface area contributed by atoms with E-state index in [2.05, 4.69) is 53.4 Å². The van der Waals surface area contributed by atoms with E-state index in [1.54, 1.807) is 0 Å². The van der Waals surface area contributed by atoms with E-state index in [0.29, 0.717) is 0 Å². The molecule has 0 saturated heterocycles. The second-order valence-corrected chi connectivity index (χ2v) is 7.06. The molecule has 6 nitrogen and oxygen atoms in total. The molecule has 0 aliphatic carbocycles. The molecular weight excluding hydrogens is 348 g/mol. The Morgan fingerprint density at radius 1 is 0.893 bits per heavy atom. The van der Waals surface area contributed by atoms with Crippen LogP contribution < -0.4 is 10.2 Å². The maximum Gasteiger partial charge on any atom is 0.163 e. The molecule has 1 N–H and O–H groups in total. The van der Waals surface area contributed by atoms with Gasteiger partial charge in [0.25, 0.3) is 0 Å². The van der Waals surface area contributed by atoms with Crippen molar-refractivity contribution in [2.75, 3.05) is 51.0 Å². The number of rotatable bonds is 9. The molecule has 2 heterocycles. The number of likely N-dealkylation sites (N-methyl/N-ethyl adjacent to an activating group) is 2. The van der Waals surface area contributed by atoms with Crippen molar-refractivity contribution in [3.05, 3.63) is 66.5 Å². The number of pyridine rings is 1. The van der Waals surface area contributed by atoms with Gasteiger partial charge in [-0.05, 0) is 38.2 Å². The fraction of sp³-hybridized carbons (Fsp3) is 0.318. The molecule has 0 spiro atoms. The van der Waals surface area contributed by atoms with Crippen LogP contribution in [0.3, 0.4) is 0 Å². The lowest BCUT2D eigenvalue weighted by molar-refractivity contribution is 0.425. The average Bonchev–Trinajstić information content (AvgIpc) is 2.73. The molecule has 3 aromatic rings. The molecule has 146 valence electrons. The number of anilines is 2. The van der Waals surface area contributed by atoms with E-state index in [9.17, 15) is 0 Å². The molecule has 0 aliphatic heterocycles. The van der Waals surface area contributed by atoms with Gasteiger partial charge in [0.05, 0.1) is 0 Å². The number of nitrogens with one attached hydrogen (secondary N) is 1. The van der Waals surface area contributed by atoms with Crippen LogP contribution in [0.15, 0.2) is 60.9 Å². The van der Waals surface area contributed by atoms with Crippen LogP contribution in [0.25, 0.3) is 11.4 Å². The van der Waals surface area contributed by atoms with Gasteiger partial charge in [-0.1, -0.05) is 30.3 Å². The van der Waals surface area contributed by atoms with Crippen molar-refractivity contribution < 1.29 is 0 Å². The molecule has 0 fully saturated rings. The Balaban J connectivity index is 1.79. The fourth-order valence-electron chi connectivity index (χ4n) is 2.81. The van der Waals surface area contributed by atoms with E-state index in [0.717, 1.165) is 49.1 Å². The van der Waals surface area contributed by atoms with Crippen molar-refractivity contribution in [2.24, 2.45) is 0 Å². The fourth-order valence-corrected chi connectivity index (χ4v) is 2.81. The summed E-state index contributed by atoms with van der Waals surface area (Å²) in [6, 6.07) is 16.2. The lowest BCUT2D eigenvalue weighted by Crippen LogP contribution is -2.23. The van der Waals surface area contributed by atoms with Crippen LogP contribution in [-0.2, 0) is 6.42 Å². The maximum atomic E-state index is 4.81. The van der Waals surface area contributed by atoms with Gasteiger partial charge in [0.15, 0.2) is 5.82 Å². The minimum Gasteiger partial charge on any atom is -0.369 e. The summed E-state index contributed by atoms with van der Waals surface area (Å²) in [4.78, 5) is 17.9. The van der Waals surface area contributed by atoms with E-state index >= 15 is 0 Å². The van der Waals surface area contributed by atoms with Crippen LogP contribution in [0.1, 0.15) is 5.56 Å².